The minimum atomic E-state index is -2.99. The van der Waals surface area contributed by atoms with E-state index in [1.54, 1.807) is 0 Å². The average Bonchev–Trinajstić information content (AvgIpc) is 3.09. The summed E-state index contributed by atoms with van der Waals surface area (Å²) in [5.74, 6) is -2.87. The van der Waals surface area contributed by atoms with E-state index in [1.165, 1.54) is 30.4 Å². The Hall–Kier alpha value is -3.34. The molecule has 1 aliphatic carbocycles. The number of halogens is 2. The minimum absolute atomic E-state index is 0.0335. The van der Waals surface area contributed by atoms with Gasteiger partial charge in [-0.3, -0.25) is 19.7 Å². The highest BCUT2D eigenvalue weighted by Gasteiger charge is 2.27. The molecular weight excluding hydrogens is 446 g/mol. The SMILES string of the molecule is CC(=O)Nc1sc2c(c1C(=O)OCC(=O)NC(=O)c1ccc(OC(F)F)cc1)CCCC2. The molecule has 0 aliphatic heterocycles. The second-order valence-corrected chi connectivity index (χ2v) is 8.06. The summed E-state index contributed by atoms with van der Waals surface area (Å²) in [6, 6.07) is 4.75. The Morgan fingerprint density at radius 3 is 2.44 bits per heavy atom. The minimum Gasteiger partial charge on any atom is -0.452 e. The van der Waals surface area contributed by atoms with Gasteiger partial charge in [-0.15, -0.1) is 11.3 Å². The van der Waals surface area contributed by atoms with Crippen LogP contribution in [0.5, 0.6) is 5.75 Å². The fraction of sp³-hybridized carbons (Fsp3) is 0.333. The maximum absolute atomic E-state index is 12.7. The molecule has 0 saturated heterocycles. The first-order valence-electron chi connectivity index (χ1n) is 9.73. The lowest BCUT2D eigenvalue weighted by atomic mass is 9.95. The van der Waals surface area contributed by atoms with Gasteiger partial charge in [-0.1, -0.05) is 0 Å². The zero-order valence-corrected chi connectivity index (χ0v) is 17.9. The molecule has 3 rings (SSSR count). The van der Waals surface area contributed by atoms with E-state index in [0.29, 0.717) is 11.4 Å². The number of alkyl halides is 2. The lowest BCUT2D eigenvalue weighted by molar-refractivity contribution is -0.123. The number of ether oxygens (including phenoxy) is 2. The van der Waals surface area contributed by atoms with Gasteiger partial charge in [0.1, 0.15) is 10.8 Å². The molecule has 8 nitrogen and oxygen atoms in total. The van der Waals surface area contributed by atoms with Crippen LogP contribution in [0.3, 0.4) is 0 Å². The van der Waals surface area contributed by atoms with Crippen molar-refractivity contribution in [2.45, 2.75) is 39.2 Å². The summed E-state index contributed by atoms with van der Waals surface area (Å²) in [4.78, 5) is 49.3. The molecule has 1 aliphatic rings. The van der Waals surface area contributed by atoms with Crippen molar-refractivity contribution < 1.29 is 37.4 Å². The van der Waals surface area contributed by atoms with Crippen molar-refractivity contribution in [3.05, 3.63) is 45.8 Å². The van der Waals surface area contributed by atoms with Crippen LogP contribution in [-0.4, -0.2) is 36.9 Å². The van der Waals surface area contributed by atoms with Gasteiger partial charge >= 0.3 is 12.6 Å². The summed E-state index contributed by atoms with van der Waals surface area (Å²) in [5.41, 5.74) is 1.09. The van der Waals surface area contributed by atoms with Gasteiger partial charge in [-0.25, -0.2) is 4.79 Å². The summed E-state index contributed by atoms with van der Waals surface area (Å²) in [6.07, 6.45) is 3.36. The number of nitrogens with one attached hydrogen (secondary N) is 2. The van der Waals surface area contributed by atoms with E-state index in [0.717, 1.165) is 41.8 Å². The fourth-order valence-corrected chi connectivity index (χ4v) is 4.58. The summed E-state index contributed by atoms with van der Waals surface area (Å²) in [5, 5.41) is 5.08. The third kappa shape index (κ3) is 5.88. The van der Waals surface area contributed by atoms with Crippen molar-refractivity contribution >= 4 is 40.0 Å². The number of hydrogen-bond donors (Lipinski definition) is 2. The number of fused-ring (bicyclic) bond motifs is 1. The number of carbonyl (C=O) groups excluding carboxylic acids is 4. The third-order valence-corrected chi connectivity index (χ3v) is 5.80. The molecule has 1 aromatic heterocycles. The quantitative estimate of drug-likeness (QED) is 0.606. The zero-order chi connectivity index (χ0) is 23.3. The van der Waals surface area contributed by atoms with Crippen LogP contribution in [0, 0.1) is 0 Å². The number of thiophene rings is 1. The summed E-state index contributed by atoms with van der Waals surface area (Å²) < 4.78 is 33.6. The molecule has 2 N–H and O–H groups in total. The molecule has 0 saturated carbocycles. The van der Waals surface area contributed by atoms with Crippen molar-refractivity contribution in [2.24, 2.45) is 0 Å². The molecule has 0 bridgehead atoms. The second kappa shape index (κ2) is 10.3. The average molecular weight is 466 g/mol. The standard InChI is InChI=1S/C21H20F2N2O6S/c1-11(26)24-19-17(14-4-2-3-5-15(14)32-19)20(29)30-10-16(27)25-18(28)12-6-8-13(9-7-12)31-21(22)23/h6-9,21H,2-5,10H2,1H3,(H,24,26)(H,25,27,28). The van der Waals surface area contributed by atoms with Crippen molar-refractivity contribution in [2.75, 3.05) is 11.9 Å². The third-order valence-electron chi connectivity index (χ3n) is 4.59. The topological polar surface area (TPSA) is 111 Å². The highest BCUT2D eigenvalue weighted by Crippen LogP contribution is 2.38. The number of benzene rings is 1. The summed E-state index contributed by atoms with van der Waals surface area (Å²) in [7, 11) is 0. The number of hydrogen-bond acceptors (Lipinski definition) is 7. The Balaban J connectivity index is 1.60. The van der Waals surface area contributed by atoms with E-state index in [-0.39, 0.29) is 22.8 Å². The van der Waals surface area contributed by atoms with Crippen molar-refractivity contribution in [3.63, 3.8) is 0 Å². The first-order chi connectivity index (χ1) is 15.2. The van der Waals surface area contributed by atoms with E-state index in [1.807, 2.05) is 0 Å². The number of aryl methyl sites for hydroxylation is 1. The molecule has 0 unspecified atom stereocenters. The lowest BCUT2D eigenvalue weighted by Crippen LogP contribution is -2.34. The number of rotatable bonds is 7. The molecule has 0 atom stereocenters. The van der Waals surface area contributed by atoms with Crippen molar-refractivity contribution in [1.29, 1.82) is 0 Å². The predicted molar refractivity (Wildman–Crippen MR) is 111 cm³/mol. The molecule has 0 spiro atoms. The van der Waals surface area contributed by atoms with Crippen LogP contribution in [-0.2, 0) is 27.2 Å². The molecule has 1 aromatic carbocycles. The van der Waals surface area contributed by atoms with Gasteiger partial charge in [0.05, 0.1) is 5.56 Å². The number of imide groups is 1. The Morgan fingerprint density at radius 1 is 1.09 bits per heavy atom. The van der Waals surface area contributed by atoms with Crippen LogP contribution in [0.4, 0.5) is 13.8 Å². The Morgan fingerprint density at radius 2 is 1.78 bits per heavy atom. The van der Waals surface area contributed by atoms with Crippen molar-refractivity contribution in [3.8, 4) is 5.75 Å². The van der Waals surface area contributed by atoms with Gasteiger partial charge in [0.15, 0.2) is 6.61 Å². The largest absolute Gasteiger partial charge is 0.452 e. The fourth-order valence-electron chi connectivity index (χ4n) is 3.26. The van der Waals surface area contributed by atoms with Gasteiger partial charge in [0.2, 0.25) is 5.91 Å². The molecule has 170 valence electrons. The van der Waals surface area contributed by atoms with Gasteiger partial charge in [-0.2, -0.15) is 8.78 Å². The van der Waals surface area contributed by atoms with Crippen LogP contribution in [0.15, 0.2) is 24.3 Å². The van der Waals surface area contributed by atoms with Gasteiger partial charge in [-0.05, 0) is 55.5 Å². The molecule has 0 fully saturated rings. The van der Waals surface area contributed by atoms with Gasteiger partial charge < -0.3 is 14.8 Å². The number of amides is 3. The zero-order valence-electron chi connectivity index (χ0n) is 17.0. The molecular formula is C21H20F2N2O6S. The van der Waals surface area contributed by atoms with E-state index in [4.69, 9.17) is 4.74 Å². The van der Waals surface area contributed by atoms with Gasteiger partial charge in [0.25, 0.3) is 11.8 Å². The van der Waals surface area contributed by atoms with Crippen LogP contribution in [0.1, 0.15) is 50.9 Å². The Kier molecular flexibility index (Phi) is 7.52. The van der Waals surface area contributed by atoms with Crippen LogP contribution >= 0.6 is 11.3 Å². The number of anilines is 1. The van der Waals surface area contributed by atoms with E-state index in [9.17, 15) is 28.0 Å². The van der Waals surface area contributed by atoms with Crippen LogP contribution in [0.25, 0.3) is 0 Å². The maximum atomic E-state index is 12.7. The normalized spacial score (nSPS) is 12.6. The monoisotopic (exact) mass is 466 g/mol. The van der Waals surface area contributed by atoms with E-state index >= 15 is 0 Å². The smallest absolute Gasteiger partial charge is 0.387 e. The molecule has 1 heterocycles. The molecule has 2 aromatic rings. The number of carbonyl (C=O) groups is 4. The van der Waals surface area contributed by atoms with Gasteiger partial charge in [0, 0.05) is 17.4 Å². The predicted octanol–water partition coefficient (Wildman–Crippen LogP) is 3.30. The highest BCUT2D eigenvalue weighted by molar-refractivity contribution is 7.17. The molecule has 11 heteroatoms. The first kappa shape index (κ1) is 23.3. The highest BCUT2D eigenvalue weighted by atomic mass is 32.1. The second-order valence-electron chi connectivity index (χ2n) is 6.95. The Labute approximate surface area is 185 Å². The summed E-state index contributed by atoms with van der Waals surface area (Å²) >= 11 is 1.32. The first-order valence-corrected chi connectivity index (χ1v) is 10.5. The molecule has 3 amide bonds. The van der Waals surface area contributed by atoms with E-state index < -0.39 is 31.0 Å². The van der Waals surface area contributed by atoms with Crippen molar-refractivity contribution in [1.82, 2.24) is 5.32 Å². The molecule has 0 radical (unpaired) electrons. The van der Waals surface area contributed by atoms with E-state index in [2.05, 4.69) is 15.4 Å². The number of esters is 1. The Bertz CT molecular complexity index is 1040. The maximum Gasteiger partial charge on any atom is 0.387 e. The lowest BCUT2D eigenvalue weighted by Gasteiger charge is -2.12. The van der Waals surface area contributed by atoms with Crippen LogP contribution < -0.4 is 15.4 Å². The molecule has 32 heavy (non-hydrogen) atoms. The summed E-state index contributed by atoms with van der Waals surface area (Å²) in [6.45, 7) is -2.37. The van der Waals surface area contributed by atoms with Crippen LogP contribution in [0.2, 0.25) is 0 Å².